The second kappa shape index (κ2) is 6.21. The number of sulfonamides is 1. The molecule has 2 aromatic rings. The molecule has 0 amide bonds. The Balaban J connectivity index is 2.33. The molecule has 1 atom stereocenters. The van der Waals surface area contributed by atoms with E-state index in [1.165, 1.54) is 25.1 Å². The van der Waals surface area contributed by atoms with Crippen LogP contribution >= 0.6 is 15.9 Å². The van der Waals surface area contributed by atoms with E-state index >= 15 is 0 Å². The summed E-state index contributed by atoms with van der Waals surface area (Å²) in [5, 5.41) is 0. The first-order chi connectivity index (χ1) is 9.81. The monoisotopic (exact) mass is 375 g/mol. The van der Waals surface area contributed by atoms with Crippen molar-refractivity contribution in [3.8, 4) is 0 Å². The quantitative estimate of drug-likeness (QED) is 0.883. The molecule has 21 heavy (non-hydrogen) atoms. The molecule has 2 rings (SSSR count). The highest BCUT2D eigenvalue weighted by atomic mass is 79.9. The summed E-state index contributed by atoms with van der Waals surface area (Å²) < 4.78 is 54.6. The van der Waals surface area contributed by atoms with Crippen LogP contribution in [0.3, 0.4) is 0 Å². The van der Waals surface area contributed by atoms with E-state index in [0.29, 0.717) is 4.47 Å². The number of benzene rings is 2. The standard InChI is InChI=1S/C14H12BrF2NO2S/c1-9(14-12(16)6-3-7-13(14)17)18-21(19,20)11-5-2-4-10(15)8-11/h2-9,18H,1H3. The lowest BCUT2D eigenvalue weighted by molar-refractivity contribution is 0.515. The van der Waals surface area contributed by atoms with Gasteiger partial charge in [-0.15, -0.1) is 0 Å². The molecule has 0 saturated carbocycles. The van der Waals surface area contributed by atoms with Gasteiger partial charge in [0.15, 0.2) is 0 Å². The van der Waals surface area contributed by atoms with Crippen molar-refractivity contribution < 1.29 is 17.2 Å². The first-order valence-electron chi connectivity index (χ1n) is 6.03. The average Bonchev–Trinajstić information content (AvgIpc) is 2.37. The Kier molecular flexibility index (Phi) is 4.75. The largest absolute Gasteiger partial charge is 0.241 e. The molecule has 0 spiro atoms. The minimum atomic E-state index is -3.88. The maximum atomic E-state index is 13.7. The smallest absolute Gasteiger partial charge is 0.207 e. The molecule has 0 aliphatic rings. The van der Waals surface area contributed by atoms with Crippen LogP contribution in [-0.2, 0) is 10.0 Å². The Labute approximate surface area is 130 Å². The van der Waals surface area contributed by atoms with Crippen LogP contribution in [0.25, 0.3) is 0 Å². The molecule has 0 aliphatic carbocycles. The average molecular weight is 376 g/mol. The number of hydrogen-bond acceptors (Lipinski definition) is 2. The Morgan fingerprint density at radius 3 is 2.24 bits per heavy atom. The minimum Gasteiger partial charge on any atom is -0.207 e. The fourth-order valence-corrected chi connectivity index (χ4v) is 3.73. The Morgan fingerprint density at radius 2 is 1.67 bits per heavy atom. The maximum absolute atomic E-state index is 13.7. The van der Waals surface area contributed by atoms with Crippen molar-refractivity contribution in [1.82, 2.24) is 4.72 Å². The van der Waals surface area contributed by atoms with Crippen LogP contribution in [0.2, 0.25) is 0 Å². The van der Waals surface area contributed by atoms with E-state index in [4.69, 9.17) is 0 Å². The molecule has 0 aromatic heterocycles. The van der Waals surface area contributed by atoms with Crippen LogP contribution in [0.15, 0.2) is 51.8 Å². The summed E-state index contributed by atoms with van der Waals surface area (Å²) in [6, 6.07) is 8.42. The molecule has 7 heteroatoms. The molecule has 0 saturated heterocycles. The third-order valence-corrected chi connectivity index (χ3v) is 4.90. The zero-order valence-corrected chi connectivity index (χ0v) is 13.4. The van der Waals surface area contributed by atoms with Gasteiger partial charge in [0, 0.05) is 16.1 Å². The maximum Gasteiger partial charge on any atom is 0.241 e. The summed E-state index contributed by atoms with van der Waals surface area (Å²) in [6.45, 7) is 1.39. The lowest BCUT2D eigenvalue weighted by Crippen LogP contribution is -2.28. The van der Waals surface area contributed by atoms with Gasteiger partial charge in [-0.2, -0.15) is 0 Å². The van der Waals surface area contributed by atoms with E-state index in [-0.39, 0.29) is 10.5 Å². The van der Waals surface area contributed by atoms with Crippen LogP contribution in [0.1, 0.15) is 18.5 Å². The normalized spacial score (nSPS) is 13.1. The molecule has 0 fully saturated rings. The van der Waals surface area contributed by atoms with E-state index in [2.05, 4.69) is 20.7 Å². The summed E-state index contributed by atoms with van der Waals surface area (Å²) in [6.07, 6.45) is 0. The van der Waals surface area contributed by atoms with Gasteiger partial charge < -0.3 is 0 Å². The molecule has 0 aliphatic heterocycles. The first-order valence-corrected chi connectivity index (χ1v) is 8.30. The Morgan fingerprint density at radius 1 is 1.10 bits per heavy atom. The minimum absolute atomic E-state index is 0.0143. The second-order valence-corrected chi connectivity index (χ2v) is 7.07. The number of halogens is 3. The highest BCUT2D eigenvalue weighted by Crippen LogP contribution is 2.23. The predicted molar refractivity (Wildman–Crippen MR) is 79.2 cm³/mol. The van der Waals surface area contributed by atoms with Crippen molar-refractivity contribution in [2.75, 3.05) is 0 Å². The fraction of sp³-hybridized carbons (Fsp3) is 0.143. The SMILES string of the molecule is CC(NS(=O)(=O)c1cccc(Br)c1)c1c(F)cccc1F. The van der Waals surface area contributed by atoms with Crippen molar-refractivity contribution in [3.63, 3.8) is 0 Å². The number of hydrogen-bond donors (Lipinski definition) is 1. The van der Waals surface area contributed by atoms with Crippen LogP contribution < -0.4 is 4.72 Å². The van der Waals surface area contributed by atoms with Crippen molar-refractivity contribution in [2.45, 2.75) is 17.9 Å². The Bertz CT molecular complexity index is 745. The van der Waals surface area contributed by atoms with Crippen molar-refractivity contribution in [3.05, 3.63) is 64.1 Å². The van der Waals surface area contributed by atoms with Crippen LogP contribution in [0, 0.1) is 11.6 Å². The molecule has 1 N–H and O–H groups in total. The molecule has 2 aromatic carbocycles. The van der Waals surface area contributed by atoms with Gasteiger partial charge in [-0.05, 0) is 37.3 Å². The van der Waals surface area contributed by atoms with E-state index in [1.54, 1.807) is 12.1 Å². The molecule has 0 radical (unpaired) electrons. The highest BCUT2D eigenvalue weighted by molar-refractivity contribution is 9.10. The number of nitrogens with one attached hydrogen (secondary N) is 1. The van der Waals surface area contributed by atoms with Crippen LogP contribution in [0.5, 0.6) is 0 Å². The molecule has 0 bridgehead atoms. The van der Waals surface area contributed by atoms with E-state index in [9.17, 15) is 17.2 Å². The fourth-order valence-electron chi connectivity index (χ4n) is 1.92. The van der Waals surface area contributed by atoms with Gasteiger partial charge in [0.1, 0.15) is 11.6 Å². The van der Waals surface area contributed by atoms with E-state index in [1.807, 2.05) is 0 Å². The molecule has 1 unspecified atom stereocenters. The lowest BCUT2D eigenvalue weighted by atomic mass is 10.1. The first kappa shape index (κ1) is 16.1. The number of rotatable bonds is 4. The topological polar surface area (TPSA) is 46.2 Å². The van der Waals surface area contributed by atoms with E-state index < -0.39 is 27.7 Å². The van der Waals surface area contributed by atoms with Gasteiger partial charge in [0.25, 0.3) is 0 Å². The van der Waals surface area contributed by atoms with Gasteiger partial charge in [-0.1, -0.05) is 28.1 Å². The van der Waals surface area contributed by atoms with Gasteiger partial charge in [-0.3, -0.25) is 0 Å². The molecule has 0 heterocycles. The zero-order chi connectivity index (χ0) is 15.6. The van der Waals surface area contributed by atoms with Gasteiger partial charge in [-0.25, -0.2) is 21.9 Å². The van der Waals surface area contributed by atoms with Crippen molar-refractivity contribution in [2.24, 2.45) is 0 Å². The van der Waals surface area contributed by atoms with Crippen molar-refractivity contribution in [1.29, 1.82) is 0 Å². The van der Waals surface area contributed by atoms with E-state index in [0.717, 1.165) is 12.1 Å². The van der Waals surface area contributed by atoms with Crippen LogP contribution in [-0.4, -0.2) is 8.42 Å². The Hall–Kier alpha value is -1.31. The summed E-state index contributed by atoms with van der Waals surface area (Å²) in [5.74, 6) is -1.58. The molecule has 3 nitrogen and oxygen atoms in total. The van der Waals surface area contributed by atoms with Gasteiger partial charge in [0.05, 0.1) is 4.90 Å². The lowest BCUT2D eigenvalue weighted by Gasteiger charge is -2.16. The zero-order valence-electron chi connectivity index (χ0n) is 11.0. The molecular weight excluding hydrogens is 364 g/mol. The van der Waals surface area contributed by atoms with Crippen molar-refractivity contribution >= 4 is 26.0 Å². The molecular formula is C14H12BrF2NO2S. The third kappa shape index (κ3) is 3.66. The summed E-state index contributed by atoms with van der Waals surface area (Å²) in [4.78, 5) is 0.0143. The third-order valence-electron chi connectivity index (χ3n) is 2.87. The van der Waals surface area contributed by atoms with Gasteiger partial charge in [0.2, 0.25) is 10.0 Å². The van der Waals surface area contributed by atoms with Crippen LogP contribution in [0.4, 0.5) is 8.78 Å². The predicted octanol–water partition coefficient (Wildman–Crippen LogP) is 3.77. The second-order valence-electron chi connectivity index (χ2n) is 4.44. The summed E-state index contributed by atoms with van der Waals surface area (Å²) in [7, 11) is -3.88. The summed E-state index contributed by atoms with van der Waals surface area (Å²) >= 11 is 3.18. The van der Waals surface area contributed by atoms with Gasteiger partial charge >= 0.3 is 0 Å². The molecule has 112 valence electrons. The summed E-state index contributed by atoms with van der Waals surface area (Å²) in [5.41, 5.74) is -0.309. The highest BCUT2D eigenvalue weighted by Gasteiger charge is 2.22.